The zero-order valence-corrected chi connectivity index (χ0v) is 21.6. The number of hydrogen-bond donors (Lipinski definition) is 2. The van der Waals surface area contributed by atoms with E-state index in [9.17, 15) is 0 Å². The molecule has 4 rings (SSSR count). The number of halogens is 1. The van der Waals surface area contributed by atoms with E-state index in [0.29, 0.717) is 5.92 Å². The fourth-order valence-electron chi connectivity index (χ4n) is 3.99. The lowest BCUT2D eigenvalue weighted by atomic mass is 9.97. The van der Waals surface area contributed by atoms with E-state index >= 15 is 0 Å². The highest BCUT2D eigenvalue weighted by Gasteiger charge is 2.20. The van der Waals surface area contributed by atoms with Gasteiger partial charge in [-0.1, -0.05) is 18.2 Å². The lowest BCUT2D eigenvalue weighted by Gasteiger charge is -2.32. The molecule has 0 bridgehead atoms. The Hall–Kier alpha value is -1.65. The third-order valence-corrected chi connectivity index (χ3v) is 6.59. The van der Waals surface area contributed by atoms with Gasteiger partial charge in [0.2, 0.25) is 0 Å². The molecule has 1 aromatic carbocycles. The van der Waals surface area contributed by atoms with Crippen LogP contribution in [-0.2, 0) is 6.54 Å². The number of aromatic nitrogens is 1. The molecule has 0 radical (unpaired) electrons. The van der Waals surface area contributed by atoms with E-state index in [0.717, 1.165) is 53.9 Å². The quantitative estimate of drug-likeness (QED) is 0.257. The van der Waals surface area contributed by atoms with E-state index < -0.39 is 0 Å². The first-order valence-corrected chi connectivity index (χ1v) is 11.6. The average molecular weight is 554 g/mol. The van der Waals surface area contributed by atoms with E-state index in [1.165, 1.54) is 18.5 Å². The smallest absolute Gasteiger partial charge is 0.191 e. The highest BCUT2D eigenvalue weighted by Crippen LogP contribution is 2.23. The molecule has 2 N–H and O–H groups in total. The predicted molar refractivity (Wildman–Crippen MR) is 139 cm³/mol. The van der Waals surface area contributed by atoms with Crippen molar-refractivity contribution in [1.29, 1.82) is 0 Å². The molecule has 1 aliphatic heterocycles. The number of furan rings is 1. The molecular formula is C23H32IN5OS. The summed E-state index contributed by atoms with van der Waals surface area (Å²) >= 11 is 1.74. The second-order valence-electron chi connectivity index (χ2n) is 8.08. The van der Waals surface area contributed by atoms with Crippen molar-refractivity contribution in [2.75, 3.05) is 26.7 Å². The van der Waals surface area contributed by atoms with Crippen molar-refractivity contribution in [2.45, 2.75) is 39.3 Å². The first kappa shape index (κ1) is 24.0. The number of likely N-dealkylation sites (tertiary alicyclic amines) is 1. The first-order valence-electron chi connectivity index (χ1n) is 10.7. The predicted octanol–water partition coefficient (Wildman–Crippen LogP) is 4.95. The number of thiazole rings is 1. The van der Waals surface area contributed by atoms with Gasteiger partial charge in [-0.25, -0.2) is 4.98 Å². The summed E-state index contributed by atoms with van der Waals surface area (Å²) in [7, 11) is 1.82. The standard InChI is InChI=1S/C23H31N5OS.HI/c1-16(22-12-19-6-4-5-7-21(19)29-22)26-23(24-3)25-13-18-8-10-28(11-9-18)14-20-15-30-17(2)27-20;/h4-7,12,15-16,18H,8-11,13-14H2,1-3H3,(H2,24,25,26);1H. The molecule has 1 fully saturated rings. The molecule has 168 valence electrons. The van der Waals surface area contributed by atoms with Gasteiger partial charge < -0.3 is 15.1 Å². The molecule has 1 atom stereocenters. The van der Waals surface area contributed by atoms with E-state index in [2.05, 4.69) is 56.9 Å². The molecule has 3 aromatic rings. The molecule has 1 saturated heterocycles. The second kappa shape index (κ2) is 11.3. The van der Waals surface area contributed by atoms with E-state index in [1.54, 1.807) is 11.3 Å². The van der Waals surface area contributed by atoms with Crippen molar-refractivity contribution in [3.05, 3.63) is 52.2 Å². The Bertz CT molecular complexity index is 960. The maximum atomic E-state index is 5.98. The number of para-hydroxylation sites is 1. The number of fused-ring (bicyclic) bond motifs is 1. The van der Waals surface area contributed by atoms with Gasteiger partial charge >= 0.3 is 0 Å². The molecule has 0 saturated carbocycles. The summed E-state index contributed by atoms with van der Waals surface area (Å²) in [6, 6.07) is 10.2. The molecule has 1 unspecified atom stereocenters. The van der Waals surface area contributed by atoms with Crippen LogP contribution in [0.5, 0.6) is 0 Å². The van der Waals surface area contributed by atoms with Crippen molar-refractivity contribution in [3.8, 4) is 0 Å². The largest absolute Gasteiger partial charge is 0.459 e. The van der Waals surface area contributed by atoms with E-state index in [1.807, 2.05) is 25.2 Å². The topological polar surface area (TPSA) is 65.7 Å². The summed E-state index contributed by atoms with van der Waals surface area (Å²) in [5, 5.41) is 11.4. The lowest BCUT2D eigenvalue weighted by molar-refractivity contribution is 0.176. The van der Waals surface area contributed by atoms with Gasteiger partial charge in [-0.15, -0.1) is 35.3 Å². The van der Waals surface area contributed by atoms with Gasteiger partial charge in [0.05, 0.1) is 16.7 Å². The molecule has 6 nitrogen and oxygen atoms in total. The van der Waals surface area contributed by atoms with Crippen molar-refractivity contribution >= 4 is 52.2 Å². The van der Waals surface area contributed by atoms with E-state index in [-0.39, 0.29) is 30.0 Å². The minimum atomic E-state index is 0. The molecule has 0 aliphatic carbocycles. The highest BCUT2D eigenvalue weighted by atomic mass is 127. The Kier molecular flexibility index (Phi) is 8.74. The monoisotopic (exact) mass is 553 g/mol. The number of benzene rings is 1. The number of hydrogen-bond acceptors (Lipinski definition) is 5. The molecular weight excluding hydrogens is 521 g/mol. The Morgan fingerprint density at radius 1 is 1.32 bits per heavy atom. The molecule has 8 heteroatoms. The highest BCUT2D eigenvalue weighted by molar-refractivity contribution is 14.0. The third kappa shape index (κ3) is 6.43. The summed E-state index contributed by atoms with van der Waals surface area (Å²) in [5.41, 5.74) is 2.13. The van der Waals surface area contributed by atoms with Crippen LogP contribution >= 0.6 is 35.3 Å². The zero-order chi connectivity index (χ0) is 20.9. The Morgan fingerprint density at radius 3 is 2.77 bits per heavy atom. The number of nitrogens with zero attached hydrogens (tertiary/aromatic N) is 3. The first-order chi connectivity index (χ1) is 14.6. The SMILES string of the molecule is CN=C(NCC1CCN(Cc2csc(C)n2)CC1)NC(C)c1cc2ccccc2o1.I. The number of rotatable bonds is 6. The van der Waals surface area contributed by atoms with Crippen molar-refractivity contribution in [2.24, 2.45) is 10.9 Å². The van der Waals surface area contributed by atoms with Gasteiger partial charge in [0, 0.05) is 30.9 Å². The Labute approximate surface area is 205 Å². The normalized spacial score (nSPS) is 16.8. The van der Waals surface area contributed by atoms with Crippen LogP contribution in [0.15, 0.2) is 45.1 Å². The third-order valence-electron chi connectivity index (χ3n) is 5.77. The van der Waals surface area contributed by atoms with Crippen molar-refractivity contribution in [1.82, 2.24) is 20.5 Å². The maximum absolute atomic E-state index is 5.98. The lowest BCUT2D eigenvalue weighted by Crippen LogP contribution is -2.43. The van der Waals surface area contributed by atoms with Crippen LogP contribution in [0.4, 0.5) is 0 Å². The van der Waals surface area contributed by atoms with Gasteiger partial charge in [-0.05, 0) is 57.8 Å². The van der Waals surface area contributed by atoms with Gasteiger partial charge in [-0.3, -0.25) is 9.89 Å². The average Bonchev–Trinajstić information content (AvgIpc) is 3.38. The second-order valence-corrected chi connectivity index (χ2v) is 9.15. The van der Waals surface area contributed by atoms with Gasteiger partial charge in [0.25, 0.3) is 0 Å². The summed E-state index contributed by atoms with van der Waals surface area (Å²) in [4.78, 5) is 11.5. The van der Waals surface area contributed by atoms with Crippen LogP contribution in [0.3, 0.4) is 0 Å². The van der Waals surface area contributed by atoms with Crippen LogP contribution < -0.4 is 10.6 Å². The van der Waals surface area contributed by atoms with Gasteiger partial charge in [-0.2, -0.15) is 0 Å². The van der Waals surface area contributed by atoms with Crippen LogP contribution in [0.1, 0.15) is 42.3 Å². The molecule has 2 aromatic heterocycles. The van der Waals surface area contributed by atoms with Crippen LogP contribution in [0.2, 0.25) is 0 Å². The Balaban J connectivity index is 0.00000272. The molecule has 31 heavy (non-hydrogen) atoms. The van der Waals surface area contributed by atoms with Crippen molar-refractivity contribution in [3.63, 3.8) is 0 Å². The molecule has 1 aliphatic rings. The maximum Gasteiger partial charge on any atom is 0.191 e. The minimum Gasteiger partial charge on any atom is -0.459 e. The zero-order valence-electron chi connectivity index (χ0n) is 18.4. The summed E-state index contributed by atoms with van der Waals surface area (Å²) in [6.07, 6.45) is 2.40. The molecule has 0 amide bonds. The van der Waals surface area contributed by atoms with Crippen molar-refractivity contribution < 1.29 is 4.42 Å². The summed E-state index contributed by atoms with van der Waals surface area (Å²) in [6.45, 7) is 8.35. The summed E-state index contributed by atoms with van der Waals surface area (Å²) in [5.74, 6) is 2.41. The number of aryl methyl sites for hydroxylation is 1. The fourth-order valence-corrected chi connectivity index (χ4v) is 4.59. The number of piperidine rings is 1. The summed E-state index contributed by atoms with van der Waals surface area (Å²) < 4.78 is 5.98. The van der Waals surface area contributed by atoms with Gasteiger partial charge in [0.15, 0.2) is 5.96 Å². The van der Waals surface area contributed by atoms with Gasteiger partial charge in [0.1, 0.15) is 11.3 Å². The van der Waals surface area contributed by atoms with Crippen LogP contribution in [0.25, 0.3) is 11.0 Å². The number of aliphatic imine (C=N–C) groups is 1. The number of guanidine groups is 1. The fraction of sp³-hybridized carbons (Fsp3) is 0.478. The minimum absolute atomic E-state index is 0. The molecule has 3 heterocycles. The van der Waals surface area contributed by atoms with E-state index in [4.69, 9.17) is 4.42 Å². The Morgan fingerprint density at radius 2 is 2.10 bits per heavy atom. The number of nitrogens with one attached hydrogen (secondary N) is 2. The molecule has 0 spiro atoms. The van der Waals surface area contributed by atoms with Crippen LogP contribution in [-0.4, -0.2) is 42.5 Å². The van der Waals surface area contributed by atoms with Crippen LogP contribution in [0, 0.1) is 12.8 Å².